The maximum atomic E-state index is 11.8. The van der Waals surface area contributed by atoms with Gasteiger partial charge >= 0.3 is 0 Å². The lowest BCUT2D eigenvalue weighted by molar-refractivity contribution is -0.117. The molecule has 0 spiro atoms. The van der Waals surface area contributed by atoms with Gasteiger partial charge in [0.1, 0.15) is 0 Å². The summed E-state index contributed by atoms with van der Waals surface area (Å²) in [4.78, 5) is 17.8. The van der Waals surface area contributed by atoms with Crippen LogP contribution in [-0.2, 0) is 4.79 Å². The molecule has 1 aliphatic heterocycles. The molecule has 0 unspecified atom stereocenters. The van der Waals surface area contributed by atoms with E-state index in [4.69, 9.17) is 5.73 Å². The zero-order valence-corrected chi connectivity index (χ0v) is 9.80. The third-order valence-electron chi connectivity index (χ3n) is 2.94. The molecular formula is C12H18N4O. The number of carbonyl (C=O) groups is 1. The molecule has 1 amide bonds. The lowest BCUT2D eigenvalue weighted by Crippen LogP contribution is -2.43. The zero-order chi connectivity index (χ0) is 12.1. The van der Waals surface area contributed by atoms with Crippen molar-refractivity contribution in [3.05, 3.63) is 24.5 Å². The Bertz CT molecular complexity index is 360. The Kier molecular flexibility index (Phi) is 4.06. The van der Waals surface area contributed by atoms with Crippen LogP contribution >= 0.6 is 0 Å². The number of hydrogen-bond acceptors (Lipinski definition) is 4. The van der Waals surface area contributed by atoms with Crippen molar-refractivity contribution in [2.75, 3.05) is 25.0 Å². The summed E-state index contributed by atoms with van der Waals surface area (Å²) < 4.78 is 0. The van der Waals surface area contributed by atoms with Gasteiger partial charge in [0, 0.05) is 25.3 Å². The van der Waals surface area contributed by atoms with Gasteiger partial charge in [-0.3, -0.25) is 14.7 Å². The average Bonchev–Trinajstić information content (AvgIpc) is 2.33. The number of pyridine rings is 1. The summed E-state index contributed by atoms with van der Waals surface area (Å²) in [7, 11) is 0. The molecule has 0 aliphatic carbocycles. The molecule has 3 N–H and O–H groups in total. The van der Waals surface area contributed by atoms with Crippen LogP contribution in [0.15, 0.2) is 24.5 Å². The van der Waals surface area contributed by atoms with Crippen molar-refractivity contribution in [1.82, 2.24) is 9.88 Å². The normalized spacial score (nSPS) is 17.9. The molecule has 1 fully saturated rings. The first-order valence-corrected chi connectivity index (χ1v) is 5.92. The van der Waals surface area contributed by atoms with Crippen LogP contribution < -0.4 is 11.1 Å². The molecule has 1 saturated heterocycles. The molecule has 0 aromatic carbocycles. The van der Waals surface area contributed by atoms with Crippen molar-refractivity contribution >= 4 is 11.6 Å². The van der Waals surface area contributed by atoms with Gasteiger partial charge in [-0.2, -0.15) is 0 Å². The second-order valence-electron chi connectivity index (χ2n) is 4.40. The van der Waals surface area contributed by atoms with E-state index in [1.165, 1.54) is 0 Å². The maximum Gasteiger partial charge on any atom is 0.238 e. The van der Waals surface area contributed by atoms with E-state index < -0.39 is 0 Å². The molecule has 0 radical (unpaired) electrons. The first-order valence-electron chi connectivity index (χ1n) is 5.92. The van der Waals surface area contributed by atoms with Crippen LogP contribution in [0.1, 0.15) is 12.8 Å². The molecule has 0 atom stereocenters. The van der Waals surface area contributed by atoms with Gasteiger partial charge in [0.15, 0.2) is 0 Å². The smallest absolute Gasteiger partial charge is 0.238 e. The monoisotopic (exact) mass is 234 g/mol. The van der Waals surface area contributed by atoms with Gasteiger partial charge in [-0.15, -0.1) is 0 Å². The number of nitrogens with zero attached hydrogens (tertiary/aromatic N) is 2. The topological polar surface area (TPSA) is 71.2 Å². The SMILES string of the molecule is NC1CCN(CC(=O)Nc2cccnc2)CC1. The predicted octanol–water partition coefficient (Wildman–Crippen LogP) is 0.443. The molecule has 5 nitrogen and oxygen atoms in total. The Morgan fingerprint density at radius 1 is 1.53 bits per heavy atom. The lowest BCUT2D eigenvalue weighted by atomic mass is 10.1. The minimum absolute atomic E-state index is 0.00784. The van der Waals surface area contributed by atoms with Crippen LogP contribution in [0.3, 0.4) is 0 Å². The Morgan fingerprint density at radius 3 is 2.94 bits per heavy atom. The van der Waals surface area contributed by atoms with Crippen LogP contribution in [0.4, 0.5) is 5.69 Å². The molecule has 1 aromatic rings. The quantitative estimate of drug-likeness (QED) is 0.796. The fraction of sp³-hybridized carbons (Fsp3) is 0.500. The number of aromatic nitrogens is 1. The number of carbonyl (C=O) groups excluding carboxylic acids is 1. The number of rotatable bonds is 3. The van der Waals surface area contributed by atoms with E-state index in [1.807, 2.05) is 6.07 Å². The van der Waals surface area contributed by atoms with Gasteiger partial charge in [0.25, 0.3) is 0 Å². The van der Waals surface area contributed by atoms with Gasteiger partial charge in [-0.25, -0.2) is 0 Å². The molecule has 1 aliphatic rings. The number of hydrogen-bond donors (Lipinski definition) is 2. The molecule has 2 rings (SSSR count). The van der Waals surface area contributed by atoms with Gasteiger partial charge in [0.05, 0.1) is 18.4 Å². The standard InChI is InChI=1S/C12H18N4O/c13-10-3-6-16(7-4-10)9-12(17)15-11-2-1-5-14-8-11/h1-2,5,8,10H,3-4,6-7,9,13H2,(H,15,17). The average molecular weight is 234 g/mol. The molecule has 0 bridgehead atoms. The third kappa shape index (κ3) is 3.80. The second kappa shape index (κ2) is 5.75. The molecular weight excluding hydrogens is 216 g/mol. The second-order valence-corrected chi connectivity index (χ2v) is 4.40. The maximum absolute atomic E-state index is 11.8. The highest BCUT2D eigenvalue weighted by molar-refractivity contribution is 5.92. The molecule has 17 heavy (non-hydrogen) atoms. The first kappa shape index (κ1) is 12.0. The summed E-state index contributed by atoms with van der Waals surface area (Å²) >= 11 is 0. The molecule has 2 heterocycles. The van der Waals surface area contributed by atoms with Crippen molar-refractivity contribution in [3.63, 3.8) is 0 Å². The van der Waals surface area contributed by atoms with Crippen LogP contribution in [-0.4, -0.2) is 41.5 Å². The van der Waals surface area contributed by atoms with E-state index in [2.05, 4.69) is 15.2 Å². The van der Waals surface area contributed by atoms with Gasteiger partial charge < -0.3 is 11.1 Å². The van der Waals surface area contributed by atoms with Crippen LogP contribution in [0, 0.1) is 0 Å². The van der Waals surface area contributed by atoms with Crippen molar-refractivity contribution in [2.24, 2.45) is 5.73 Å². The third-order valence-corrected chi connectivity index (χ3v) is 2.94. The molecule has 1 aromatic heterocycles. The van der Waals surface area contributed by atoms with Gasteiger partial charge in [0.2, 0.25) is 5.91 Å². The van der Waals surface area contributed by atoms with Crippen molar-refractivity contribution in [3.8, 4) is 0 Å². The number of piperidine rings is 1. The van der Waals surface area contributed by atoms with Gasteiger partial charge in [-0.1, -0.05) is 0 Å². The van der Waals surface area contributed by atoms with Crippen molar-refractivity contribution < 1.29 is 4.79 Å². The summed E-state index contributed by atoms with van der Waals surface area (Å²) in [6, 6.07) is 3.93. The zero-order valence-electron chi connectivity index (χ0n) is 9.80. The van der Waals surface area contributed by atoms with E-state index in [0.29, 0.717) is 12.6 Å². The van der Waals surface area contributed by atoms with E-state index >= 15 is 0 Å². The summed E-state index contributed by atoms with van der Waals surface area (Å²) in [5.41, 5.74) is 6.56. The van der Waals surface area contributed by atoms with Crippen LogP contribution in [0.25, 0.3) is 0 Å². The Hall–Kier alpha value is -1.46. The van der Waals surface area contributed by atoms with Crippen LogP contribution in [0.2, 0.25) is 0 Å². The lowest BCUT2D eigenvalue weighted by Gasteiger charge is -2.29. The first-order chi connectivity index (χ1) is 8.24. The number of anilines is 1. The number of nitrogens with two attached hydrogens (primary N) is 1. The highest BCUT2D eigenvalue weighted by Crippen LogP contribution is 2.08. The number of likely N-dealkylation sites (tertiary alicyclic amines) is 1. The summed E-state index contributed by atoms with van der Waals surface area (Å²) in [5.74, 6) is 0.00784. The minimum Gasteiger partial charge on any atom is -0.328 e. The van der Waals surface area contributed by atoms with E-state index in [9.17, 15) is 4.79 Å². The molecule has 92 valence electrons. The predicted molar refractivity (Wildman–Crippen MR) is 66.5 cm³/mol. The minimum atomic E-state index is 0.00784. The highest BCUT2D eigenvalue weighted by Gasteiger charge is 2.18. The Labute approximate surface area is 101 Å². The van der Waals surface area contributed by atoms with Crippen molar-refractivity contribution in [2.45, 2.75) is 18.9 Å². The fourth-order valence-electron chi connectivity index (χ4n) is 1.95. The number of amides is 1. The summed E-state index contributed by atoms with van der Waals surface area (Å²) in [6.07, 6.45) is 5.27. The fourth-order valence-corrected chi connectivity index (χ4v) is 1.95. The highest BCUT2D eigenvalue weighted by atomic mass is 16.2. The molecule has 5 heteroatoms. The van der Waals surface area contributed by atoms with E-state index in [-0.39, 0.29) is 5.91 Å². The van der Waals surface area contributed by atoms with Crippen LogP contribution in [0.5, 0.6) is 0 Å². The Balaban J connectivity index is 1.78. The molecule has 0 saturated carbocycles. The Morgan fingerprint density at radius 2 is 2.29 bits per heavy atom. The number of nitrogens with one attached hydrogen (secondary N) is 1. The van der Waals surface area contributed by atoms with E-state index in [1.54, 1.807) is 18.5 Å². The summed E-state index contributed by atoms with van der Waals surface area (Å²) in [6.45, 7) is 2.24. The largest absolute Gasteiger partial charge is 0.328 e. The van der Waals surface area contributed by atoms with Gasteiger partial charge in [-0.05, 0) is 25.0 Å². The van der Waals surface area contributed by atoms with E-state index in [0.717, 1.165) is 31.6 Å². The van der Waals surface area contributed by atoms with Crippen molar-refractivity contribution in [1.29, 1.82) is 0 Å². The summed E-state index contributed by atoms with van der Waals surface area (Å²) in [5, 5.41) is 2.83.